The van der Waals surface area contributed by atoms with Gasteiger partial charge < -0.3 is 29.8 Å². The maximum absolute atomic E-state index is 15.0. The van der Waals surface area contributed by atoms with Crippen molar-refractivity contribution < 1.29 is 28.2 Å². The number of carbonyl (C=O) groups excluding carboxylic acids is 2. The molecular weight excluding hydrogens is 893 g/mol. The number of carbonyl (C=O) groups is 2. The Labute approximate surface area is 411 Å². The van der Waals surface area contributed by atoms with E-state index < -0.39 is 32.1 Å². The molecule has 0 bridgehead atoms. The summed E-state index contributed by atoms with van der Waals surface area (Å²) in [5.41, 5.74) is -0.662. The molecule has 0 radical (unpaired) electrons. The Morgan fingerprint density at radius 1 is 0.632 bits per heavy atom. The molecule has 4 saturated carbocycles. The first-order valence-electron chi connectivity index (χ1n) is 26.3. The minimum absolute atomic E-state index is 0.00293. The normalized spacial score (nSPS) is 33.1. The van der Waals surface area contributed by atoms with Crippen LogP contribution in [0.25, 0.3) is 0 Å². The number of hydrogen-bond acceptors (Lipinski definition) is 9. The van der Waals surface area contributed by atoms with Gasteiger partial charge in [0.1, 0.15) is 0 Å². The van der Waals surface area contributed by atoms with Crippen molar-refractivity contribution in [2.24, 2.45) is 23.7 Å². The molecule has 2 N–H and O–H groups in total. The van der Waals surface area contributed by atoms with Gasteiger partial charge in [-0.2, -0.15) is 11.8 Å². The highest BCUT2D eigenvalue weighted by Gasteiger charge is 2.62. The molecule has 4 atom stereocenters. The van der Waals surface area contributed by atoms with Crippen LogP contribution in [0.1, 0.15) is 114 Å². The van der Waals surface area contributed by atoms with Crippen molar-refractivity contribution in [2.45, 2.75) is 136 Å². The summed E-state index contributed by atoms with van der Waals surface area (Å²) in [6.07, 6.45) is 13.1. The van der Waals surface area contributed by atoms with Gasteiger partial charge in [-0.05, 0) is 177 Å². The Kier molecular flexibility index (Phi) is 13.1. The van der Waals surface area contributed by atoms with Gasteiger partial charge in [0.15, 0.2) is 9.84 Å². The molecule has 4 saturated heterocycles. The van der Waals surface area contributed by atoms with Crippen LogP contribution in [0.5, 0.6) is 0 Å². The maximum Gasteiger partial charge on any atom is 0.320 e. The van der Waals surface area contributed by atoms with Crippen molar-refractivity contribution in [2.75, 3.05) is 90.5 Å². The van der Waals surface area contributed by atoms with Gasteiger partial charge in [0.05, 0.1) is 46.9 Å². The zero-order chi connectivity index (χ0) is 47.7. The third-order valence-electron chi connectivity index (χ3n) is 19.9. The molecule has 68 heavy (non-hydrogen) atoms. The Balaban J connectivity index is 0.903. The number of aliphatic hydroxyl groups is 2. The molecule has 4 heterocycles. The van der Waals surface area contributed by atoms with Gasteiger partial charge in [0, 0.05) is 37.3 Å². The van der Waals surface area contributed by atoms with E-state index in [2.05, 4.69) is 108 Å². The quantitative estimate of drug-likeness (QED) is 0.214. The predicted molar refractivity (Wildman–Crippen MR) is 270 cm³/mol. The summed E-state index contributed by atoms with van der Waals surface area (Å²) in [5.74, 6) is 2.08. The minimum atomic E-state index is -3.38. The van der Waals surface area contributed by atoms with E-state index in [4.69, 9.17) is 0 Å². The lowest BCUT2D eigenvalue weighted by Crippen LogP contribution is -2.64. The smallest absolute Gasteiger partial charge is 0.320 e. The summed E-state index contributed by atoms with van der Waals surface area (Å²) in [5, 5.41) is 24.7. The molecule has 374 valence electrons. The number of hydrogen-bond donors (Lipinski definition) is 2. The molecule has 8 fully saturated rings. The average molecular weight is 973 g/mol. The summed E-state index contributed by atoms with van der Waals surface area (Å²) in [6, 6.07) is 21.5. The SMILES string of the molecule is CN(C)C1(c2ccccc2)CCC2(CC1)CN(CC1CCS(=O)(=O)CC1C1CCC1(O)CN1C(=O)N(CC3CCSCC3)CC13CCC(c1ccccc1)(N(C)C)CC3)C(=O)N2CC1(O)CCC1. The third-order valence-corrected chi connectivity index (χ3v) is 22.7. The zero-order valence-corrected chi connectivity index (χ0v) is 43.1. The zero-order valence-electron chi connectivity index (χ0n) is 41.5. The lowest BCUT2D eigenvalue weighted by atomic mass is 9.60. The van der Waals surface area contributed by atoms with Crippen LogP contribution in [0.2, 0.25) is 0 Å². The number of sulfone groups is 1. The first-order chi connectivity index (χ1) is 32.4. The topological polar surface area (TPSA) is 128 Å². The highest BCUT2D eigenvalue weighted by Crippen LogP contribution is 2.55. The molecular formula is C54H80N6O6S2. The molecule has 10 rings (SSSR count). The van der Waals surface area contributed by atoms with E-state index >= 15 is 0 Å². The van der Waals surface area contributed by atoms with E-state index in [1.54, 1.807) is 0 Å². The van der Waals surface area contributed by atoms with Crippen LogP contribution >= 0.6 is 11.8 Å². The second kappa shape index (κ2) is 18.3. The Bertz CT molecular complexity index is 2240. The lowest BCUT2D eigenvalue weighted by Gasteiger charge is -2.56. The van der Waals surface area contributed by atoms with Crippen LogP contribution in [0.15, 0.2) is 60.7 Å². The fraction of sp³-hybridized carbons (Fsp3) is 0.741. The van der Waals surface area contributed by atoms with E-state index in [9.17, 15) is 28.2 Å². The van der Waals surface area contributed by atoms with E-state index in [0.29, 0.717) is 64.2 Å². The third kappa shape index (κ3) is 8.62. The minimum Gasteiger partial charge on any atom is -0.388 e. The van der Waals surface area contributed by atoms with E-state index in [-0.39, 0.29) is 58.9 Å². The molecule has 2 aromatic rings. The molecule has 12 nitrogen and oxygen atoms in total. The number of urea groups is 2. The van der Waals surface area contributed by atoms with E-state index in [1.165, 1.54) is 11.1 Å². The van der Waals surface area contributed by atoms with Crippen molar-refractivity contribution in [3.05, 3.63) is 71.8 Å². The molecule has 2 aromatic carbocycles. The number of thioether (sulfide) groups is 1. The highest BCUT2D eigenvalue weighted by molar-refractivity contribution is 7.99. The van der Waals surface area contributed by atoms with Gasteiger partial charge in [0.25, 0.3) is 0 Å². The second-order valence-electron chi connectivity index (χ2n) is 23.7. The van der Waals surface area contributed by atoms with E-state index in [1.807, 2.05) is 21.6 Å². The summed E-state index contributed by atoms with van der Waals surface area (Å²) in [6.45, 7) is 2.96. The Morgan fingerprint density at radius 2 is 1.13 bits per heavy atom. The molecule has 2 spiro atoms. The molecule has 14 heteroatoms. The van der Waals surface area contributed by atoms with Gasteiger partial charge in [-0.25, -0.2) is 18.0 Å². The van der Waals surface area contributed by atoms with Crippen molar-refractivity contribution >= 4 is 33.7 Å². The molecule has 4 aliphatic carbocycles. The molecule has 4 amide bonds. The van der Waals surface area contributed by atoms with Crippen molar-refractivity contribution in [1.29, 1.82) is 0 Å². The standard InChI is InChI=1S/C54H80N6O6S2/c1-55(2)52(43-12-7-5-8-13-43)27-23-49(24-28-52)38-58(48(62)59(49)39-51(63)20-11-21-51)35-42-19-33-68(65,66)36-45(42)46-16-22-54(46,64)40-60-47(61)57(34-41-17-31-67-32-18-41)37-50(60)25-29-53(30-26-50,56(3)4)44-14-9-6-10-15-44/h5-10,12-15,41-42,45-46,63-64H,11,16-40H2,1-4H3. The lowest BCUT2D eigenvalue weighted by molar-refractivity contribution is -0.144. The predicted octanol–water partition coefficient (Wildman–Crippen LogP) is 7.25. The van der Waals surface area contributed by atoms with Crippen LogP contribution in [0.3, 0.4) is 0 Å². The number of benzene rings is 2. The van der Waals surface area contributed by atoms with Crippen LogP contribution < -0.4 is 0 Å². The molecule has 0 aromatic heterocycles. The van der Waals surface area contributed by atoms with Crippen molar-refractivity contribution in [3.63, 3.8) is 0 Å². The number of β-amino-alcohol motifs (C(OH)–C–C–N with tert-alkyl or cyclic N) is 2. The van der Waals surface area contributed by atoms with Gasteiger partial charge in [-0.15, -0.1) is 0 Å². The number of nitrogens with zero attached hydrogens (tertiary/aromatic N) is 6. The van der Waals surface area contributed by atoms with Crippen molar-refractivity contribution in [3.8, 4) is 0 Å². The monoisotopic (exact) mass is 973 g/mol. The largest absolute Gasteiger partial charge is 0.388 e. The van der Waals surface area contributed by atoms with Crippen LogP contribution in [-0.2, 0) is 20.9 Å². The fourth-order valence-corrected chi connectivity index (χ4v) is 18.3. The van der Waals surface area contributed by atoms with Gasteiger partial charge in [-0.1, -0.05) is 60.7 Å². The fourth-order valence-electron chi connectivity index (χ4n) is 15.1. The first-order valence-corrected chi connectivity index (χ1v) is 29.2. The summed E-state index contributed by atoms with van der Waals surface area (Å²) in [7, 11) is 5.29. The Hall–Kier alpha value is -2.88. The van der Waals surface area contributed by atoms with Crippen LogP contribution in [0.4, 0.5) is 9.59 Å². The summed E-state index contributed by atoms with van der Waals surface area (Å²) in [4.78, 5) is 42.9. The molecule has 4 aliphatic heterocycles. The molecule has 4 unspecified atom stereocenters. The maximum atomic E-state index is 15.0. The Morgan fingerprint density at radius 3 is 1.59 bits per heavy atom. The summed E-state index contributed by atoms with van der Waals surface area (Å²) >= 11 is 2.00. The van der Waals surface area contributed by atoms with E-state index in [0.717, 1.165) is 88.7 Å². The second-order valence-corrected chi connectivity index (χ2v) is 27.2. The number of amides is 4. The average Bonchev–Trinajstić information content (AvgIpc) is 3.70. The first kappa shape index (κ1) is 48.7. The summed E-state index contributed by atoms with van der Waals surface area (Å²) < 4.78 is 27.4. The molecule has 8 aliphatic rings. The van der Waals surface area contributed by atoms with Crippen LogP contribution in [0, 0.1) is 23.7 Å². The van der Waals surface area contributed by atoms with Crippen LogP contribution in [-0.4, -0.2) is 173 Å². The van der Waals surface area contributed by atoms with Gasteiger partial charge in [0.2, 0.25) is 0 Å². The highest BCUT2D eigenvalue weighted by atomic mass is 32.2. The van der Waals surface area contributed by atoms with Gasteiger partial charge >= 0.3 is 12.1 Å². The number of rotatable bonds is 13. The van der Waals surface area contributed by atoms with Crippen molar-refractivity contribution in [1.82, 2.24) is 29.4 Å². The van der Waals surface area contributed by atoms with Gasteiger partial charge in [-0.3, -0.25) is 9.80 Å².